The summed E-state index contributed by atoms with van der Waals surface area (Å²) < 4.78 is 38.2. The number of pyridine rings is 1. The number of aromatic nitrogens is 1. The SMILES string of the molecule is CCC.CSc1ccc(CNC(=O)c2cnc3c(c2)CN(Cc2ccc(C(F)(F)F)cc2)C3)cc1. The Kier molecular flexibility index (Phi) is 9.34. The molecule has 0 radical (unpaired) electrons. The lowest BCUT2D eigenvalue weighted by atomic mass is 10.1. The number of carbonyl (C=O) groups excluding carboxylic acids is 1. The van der Waals surface area contributed by atoms with Gasteiger partial charge in [0.1, 0.15) is 0 Å². The summed E-state index contributed by atoms with van der Waals surface area (Å²) in [5, 5.41) is 2.92. The Morgan fingerprint density at radius 1 is 1.03 bits per heavy atom. The largest absolute Gasteiger partial charge is 0.416 e. The minimum absolute atomic E-state index is 0.185. The van der Waals surface area contributed by atoms with Crippen molar-refractivity contribution in [1.82, 2.24) is 15.2 Å². The monoisotopic (exact) mass is 501 g/mol. The van der Waals surface area contributed by atoms with E-state index in [2.05, 4.69) is 29.0 Å². The van der Waals surface area contributed by atoms with Crippen molar-refractivity contribution in [3.63, 3.8) is 0 Å². The van der Waals surface area contributed by atoms with Gasteiger partial charge in [0, 0.05) is 37.3 Å². The lowest BCUT2D eigenvalue weighted by Gasteiger charge is -2.15. The van der Waals surface area contributed by atoms with Gasteiger partial charge in [0.05, 0.1) is 16.8 Å². The fourth-order valence-electron chi connectivity index (χ4n) is 3.65. The van der Waals surface area contributed by atoms with Crippen molar-refractivity contribution >= 4 is 17.7 Å². The zero-order valence-corrected chi connectivity index (χ0v) is 21.0. The van der Waals surface area contributed by atoms with Crippen LogP contribution in [0.3, 0.4) is 0 Å². The predicted molar refractivity (Wildman–Crippen MR) is 134 cm³/mol. The van der Waals surface area contributed by atoms with Crippen LogP contribution in [-0.4, -0.2) is 22.0 Å². The Labute approximate surface area is 209 Å². The highest BCUT2D eigenvalue weighted by Gasteiger charge is 2.30. The molecular weight excluding hydrogens is 471 g/mol. The molecule has 0 fully saturated rings. The summed E-state index contributed by atoms with van der Waals surface area (Å²) >= 11 is 1.67. The Balaban J connectivity index is 0.00000108. The average molecular weight is 502 g/mol. The minimum atomic E-state index is -4.33. The van der Waals surface area contributed by atoms with E-state index < -0.39 is 11.7 Å². The van der Waals surface area contributed by atoms with Crippen LogP contribution in [0.25, 0.3) is 0 Å². The zero-order chi connectivity index (χ0) is 25.4. The molecule has 2 heterocycles. The summed E-state index contributed by atoms with van der Waals surface area (Å²) in [6.07, 6.45) is 0.510. The second-order valence-corrected chi connectivity index (χ2v) is 9.29. The molecule has 0 saturated heterocycles. The highest BCUT2D eigenvalue weighted by atomic mass is 32.2. The van der Waals surface area contributed by atoms with E-state index in [4.69, 9.17) is 0 Å². The molecule has 8 heteroatoms. The third kappa shape index (κ3) is 7.57. The first-order valence-corrected chi connectivity index (χ1v) is 12.7. The first kappa shape index (κ1) is 26.8. The first-order chi connectivity index (χ1) is 16.7. The van der Waals surface area contributed by atoms with E-state index in [-0.39, 0.29) is 5.91 Å². The first-order valence-electron chi connectivity index (χ1n) is 11.5. The standard InChI is InChI=1S/C24H22F3N3OS.C3H8/c1-32-21-8-4-16(5-9-21)11-29-23(31)18-10-19-14-30(15-22(19)28-12-18)13-17-2-6-20(7-3-17)24(25,26)27;1-3-2/h2-10,12H,11,13-15H2,1H3,(H,29,31);3H2,1-2H3. The van der Waals surface area contributed by atoms with Crippen molar-refractivity contribution in [2.45, 2.75) is 57.5 Å². The van der Waals surface area contributed by atoms with Crippen LogP contribution in [0.5, 0.6) is 0 Å². The number of fused-ring (bicyclic) bond motifs is 1. The van der Waals surface area contributed by atoms with Crippen LogP contribution in [0.4, 0.5) is 13.2 Å². The maximum absolute atomic E-state index is 12.7. The topological polar surface area (TPSA) is 45.2 Å². The van der Waals surface area contributed by atoms with Crippen LogP contribution in [0.15, 0.2) is 65.7 Å². The molecule has 1 aliphatic heterocycles. The summed E-state index contributed by atoms with van der Waals surface area (Å²) in [5.41, 5.74) is 3.53. The molecule has 0 aliphatic carbocycles. The van der Waals surface area contributed by atoms with Gasteiger partial charge in [0.15, 0.2) is 0 Å². The molecule has 1 aliphatic rings. The smallest absolute Gasteiger partial charge is 0.348 e. The number of alkyl halides is 3. The number of hydrogen-bond donors (Lipinski definition) is 1. The average Bonchev–Trinajstić information content (AvgIpc) is 3.24. The van der Waals surface area contributed by atoms with Crippen molar-refractivity contribution in [2.24, 2.45) is 0 Å². The number of nitrogens with zero attached hydrogens (tertiary/aromatic N) is 2. The van der Waals surface area contributed by atoms with Gasteiger partial charge < -0.3 is 5.32 Å². The maximum atomic E-state index is 12.7. The maximum Gasteiger partial charge on any atom is 0.416 e. The van der Waals surface area contributed by atoms with Gasteiger partial charge in [-0.15, -0.1) is 11.8 Å². The highest BCUT2D eigenvalue weighted by Crippen LogP contribution is 2.30. The van der Waals surface area contributed by atoms with E-state index in [9.17, 15) is 18.0 Å². The highest BCUT2D eigenvalue weighted by molar-refractivity contribution is 7.98. The van der Waals surface area contributed by atoms with Crippen molar-refractivity contribution in [2.75, 3.05) is 6.26 Å². The van der Waals surface area contributed by atoms with Crippen LogP contribution in [-0.2, 0) is 32.4 Å². The molecule has 3 aromatic rings. The lowest BCUT2D eigenvalue weighted by molar-refractivity contribution is -0.137. The van der Waals surface area contributed by atoms with Gasteiger partial charge >= 0.3 is 6.18 Å². The van der Waals surface area contributed by atoms with E-state index in [0.29, 0.717) is 31.7 Å². The summed E-state index contributed by atoms with van der Waals surface area (Å²) in [6.45, 7) is 6.40. The molecular formula is C27H30F3N3OS. The number of rotatable bonds is 6. The molecule has 35 heavy (non-hydrogen) atoms. The molecule has 0 spiro atoms. The molecule has 186 valence electrons. The number of nitrogens with one attached hydrogen (secondary N) is 1. The fraction of sp³-hybridized carbons (Fsp3) is 0.333. The van der Waals surface area contributed by atoms with E-state index in [1.54, 1.807) is 18.0 Å². The summed E-state index contributed by atoms with van der Waals surface area (Å²) in [7, 11) is 0. The van der Waals surface area contributed by atoms with Gasteiger partial charge in [-0.05, 0) is 53.3 Å². The fourth-order valence-corrected chi connectivity index (χ4v) is 4.06. The number of hydrogen-bond acceptors (Lipinski definition) is 4. The Bertz CT molecular complexity index is 1120. The normalized spacial score (nSPS) is 13.1. The van der Waals surface area contributed by atoms with Gasteiger partial charge in [-0.2, -0.15) is 13.2 Å². The van der Waals surface area contributed by atoms with Crippen LogP contribution in [0.1, 0.15) is 58.6 Å². The molecule has 1 N–H and O–H groups in total. The van der Waals surface area contributed by atoms with E-state index >= 15 is 0 Å². The van der Waals surface area contributed by atoms with Crippen molar-refractivity contribution in [3.05, 3.63) is 94.3 Å². The number of carbonyl (C=O) groups is 1. The van der Waals surface area contributed by atoms with Gasteiger partial charge in [-0.25, -0.2) is 0 Å². The Morgan fingerprint density at radius 3 is 2.26 bits per heavy atom. The van der Waals surface area contributed by atoms with E-state index in [0.717, 1.165) is 34.5 Å². The van der Waals surface area contributed by atoms with Crippen molar-refractivity contribution < 1.29 is 18.0 Å². The van der Waals surface area contributed by atoms with Crippen molar-refractivity contribution in [1.29, 1.82) is 0 Å². The second-order valence-electron chi connectivity index (χ2n) is 8.41. The van der Waals surface area contributed by atoms with Crippen LogP contribution >= 0.6 is 11.8 Å². The minimum Gasteiger partial charge on any atom is -0.348 e. The number of halogens is 3. The third-order valence-corrected chi connectivity index (χ3v) is 6.13. The van der Waals surface area contributed by atoms with Gasteiger partial charge in [0.25, 0.3) is 5.91 Å². The van der Waals surface area contributed by atoms with E-state index in [1.165, 1.54) is 23.4 Å². The number of amides is 1. The molecule has 4 rings (SSSR count). The zero-order valence-electron chi connectivity index (χ0n) is 20.2. The molecule has 2 aromatic carbocycles. The quantitative estimate of drug-likeness (QED) is 0.383. The third-order valence-electron chi connectivity index (χ3n) is 5.39. The molecule has 0 unspecified atom stereocenters. The Morgan fingerprint density at radius 2 is 1.66 bits per heavy atom. The van der Waals surface area contributed by atoms with Gasteiger partial charge in [0.2, 0.25) is 0 Å². The van der Waals surface area contributed by atoms with Crippen LogP contribution in [0, 0.1) is 0 Å². The molecule has 0 saturated carbocycles. The predicted octanol–water partition coefficient (Wildman–Crippen LogP) is 6.68. The molecule has 4 nitrogen and oxygen atoms in total. The van der Waals surface area contributed by atoms with Gasteiger partial charge in [-0.3, -0.25) is 14.7 Å². The van der Waals surface area contributed by atoms with Crippen LogP contribution < -0.4 is 5.32 Å². The van der Waals surface area contributed by atoms with Crippen molar-refractivity contribution in [3.8, 4) is 0 Å². The molecule has 1 aromatic heterocycles. The summed E-state index contributed by atoms with van der Waals surface area (Å²) in [4.78, 5) is 20.3. The Hall–Kier alpha value is -2.84. The number of thioether (sulfide) groups is 1. The van der Waals surface area contributed by atoms with Crippen LogP contribution in [0.2, 0.25) is 0 Å². The lowest BCUT2D eigenvalue weighted by Crippen LogP contribution is -2.23. The molecule has 0 bridgehead atoms. The number of benzene rings is 2. The second kappa shape index (κ2) is 12.2. The van der Waals surface area contributed by atoms with E-state index in [1.807, 2.05) is 36.6 Å². The van der Waals surface area contributed by atoms with Gasteiger partial charge in [-0.1, -0.05) is 44.5 Å². The molecule has 0 atom stereocenters. The summed E-state index contributed by atoms with van der Waals surface area (Å²) in [6, 6.07) is 15.1. The summed E-state index contributed by atoms with van der Waals surface area (Å²) in [5.74, 6) is -0.185. The molecule has 1 amide bonds.